The normalized spacial score (nSPS) is 11.1. The summed E-state index contributed by atoms with van der Waals surface area (Å²) in [4.78, 5) is 4.56. The van der Waals surface area contributed by atoms with Crippen LogP contribution in [0.1, 0.15) is 23.1 Å². The number of nitrogens with one attached hydrogen (secondary N) is 1. The van der Waals surface area contributed by atoms with Crippen molar-refractivity contribution < 1.29 is 4.39 Å². The lowest BCUT2D eigenvalue weighted by molar-refractivity contribution is 0.608. The molecule has 21 heavy (non-hydrogen) atoms. The van der Waals surface area contributed by atoms with E-state index < -0.39 is 0 Å². The van der Waals surface area contributed by atoms with Crippen molar-refractivity contribution in [2.24, 2.45) is 0 Å². The summed E-state index contributed by atoms with van der Waals surface area (Å²) in [6, 6.07) is 13.5. The van der Waals surface area contributed by atoms with Crippen LogP contribution in [0.5, 0.6) is 0 Å². The number of halogens is 1. The number of hydrogen-bond donors (Lipinski definition) is 1. The van der Waals surface area contributed by atoms with Crippen molar-refractivity contribution in [2.75, 3.05) is 6.54 Å². The maximum absolute atomic E-state index is 14.2. The summed E-state index contributed by atoms with van der Waals surface area (Å²) >= 11 is 1.63. The molecule has 0 aliphatic carbocycles. The lowest BCUT2D eigenvalue weighted by atomic mass is 10.1. The van der Waals surface area contributed by atoms with Crippen molar-refractivity contribution in [1.29, 1.82) is 0 Å². The van der Waals surface area contributed by atoms with E-state index in [1.54, 1.807) is 17.4 Å². The van der Waals surface area contributed by atoms with Crippen LogP contribution in [-0.4, -0.2) is 11.5 Å². The Kier molecular flexibility index (Phi) is 4.27. The molecular weight excluding hydrogens is 283 g/mol. The molecule has 2 nitrogen and oxygen atoms in total. The molecule has 0 radical (unpaired) electrons. The van der Waals surface area contributed by atoms with E-state index in [9.17, 15) is 4.39 Å². The standard InChI is InChI=1S/C17H17FN2S/c1-2-19-11-12-7-8-13(14(18)9-12)10-17-20-15-5-3-4-6-16(15)21-17/h3-9,19H,2,10-11H2,1H3. The highest BCUT2D eigenvalue weighted by molar-refractivity contribution is 7.18. The summed E-state index contributed by atoms with van der Waals surface area (Å²) in [5.41, 5.74) is 2.67. The number of para-hydroxylation sites is 1. The SMILES string of the molecule is CCNCc1ccc(Cc2nc3ccccc3s2)c(F)c1. The number of nitrogens with zero attached hydrogens (tertiary/aromatic N) is 1. The zero-order valence-electron chi connectivity index (χ0n) is 11.9. The third-order valence-corrected chi connectivity index (χ3v) is 4.41. The molecular formula is C17H17FN2S. The van der Waals surface area contributed by atoms with Crippen LogP contribution in [0.3, 0.4) is 0 Å². The molecule has 1 aromatic heterocycles. The van der Waals surface area contributed by atoms with Gasteiger partial charge in [-0.3, -0.25) is 0 Å². The van der Waals surface area contributed by atoms with Crippen LogP contribution in [-0.2, 0) is 13.0 Å². The van der Waals surface area contributed by atoms with Crippen molar-refractivity contribution in [3.05, 3.63) is 64.4 Å². The number of fused-ring (bicyclic) bond motifs is 1. The first-order valence-corrected chi connectivity index (χ1v) is 7.90. The molecule has 0 unspecified atom stereocenters. The minimum absolute atomic E-state index is 0.148. The molecule has 0 amide bonds. The van der Waals surface area contributed by atoms with E-state index in [0.717, 1.165) is 27.3 Å². The fourth-order valence-corrected chi connectivity index (χ4v) is 3.26. The first kappa shape index (κ1) is 14.2. The van der Waals surface area contributed by atoms with E-state index in [2.05, 4.69) is 10.3 Å². The lowest BCUT2D eigenvalue weighted by Crippen LogP contribution is -2.12. The second-order valence-corrected chi connectivity index (χ2v) is 6.07. The van der Waals surface area contributed by atoms with Gasteiger partial charge in [0.2, 0.25) is 0 Å². The third kappa shape index (κ3) is 3.28. The number of rotatable bonds is 5. The maximum atomic E-state index is 14.2. The molecule has 0 bridgehead atoms. The molecule has 0 aliphatic heterocycles. The number of aromatic nitrogens is 1. The molecule has 108 valence electrons. The Labute approximate surface area is 127 Å². The van der Waals surface area contributed by atoms with Gasteiger partial charge in [-0.05, 0) is 35.9 Å². The highest BCUT2D eigenvalue weighted by Gasteiger charge is 2.08. The number of thiazole rings is 1. The Morgan fingerprint density at radius 2 is 2.05 bits per heavy atom. The molecule has 0 aliphatic rings. The molecule has 0 saturated carbocycles. The van der Waals surface area contributed by atoms with Crippen molar-refractivity contribution in [2.45, 2.75) is 19.9 Å². The molecule has 1 heterocycles. The van der Waals surface area contributed by atoms with Crippen LogP contribution in [0.15, 0.2) is 42.5 Å². The largest absolute Gasteiger partial charge is 0.313 e. The Morgan fingerprint density at radius 3 is 2.81 bits per heavy atom. The van der Waals surface area contributed by atoms with Gasteiger partial charge in [0.1, 0.15) is 5.82 Å². The summed E-state index contributed by atoms with van der Waals surface area (Å²) in [6.45, 7) is 3.63. The molecule has 0 fully saturated rings. The first-order chi connectivity index (χ1) is 10.3. The van der Waals surface area contributed by atoms with Gasteiger partial charge in [0.25, 0.3) is 0 Å². The van der Waals surface area contributed by atoms with Gasteiger partial charge in [0, 0.05) is 13.0 Å². The van der Waals surface area contributed by atoms with Gasteiger partial charge < -0.3 is 5.32 Å². The molecule has 2 aromatic carbocycles. The number of hydrogen-bond acceptors (Lipinski definition) is 3. The van der Waals surface area contributed by atoms with Crippen LogP contribution >= 0.6 is 11.3 Å². The number of benzene rings is 2. The molecule has 0 spiro atoms. The van der Waals surface area contributed by atoms with E-state index in [-0.39, 0.29) is 5.82 Å². The third-order valence-electron chi connectivity index (χ3n) is 3.38. The van der Waals surface area contributed by atoms with Crippen molar-refractivity contribution >= 4 is 21.6 Å². The zero-order chi connectivity index (χ0) is 14.7. The van der Waals surface area contributed by atoms with E-state index >= 15 is 0 Å². The van der Waals surface area contributed by atoms with E-state index in [4.69, 9.17) is 0 Å². The van der Waals surface area contributed by atoms with Gasteiger partial charge in [-0.2, -0.15) is 0 Å². The average Bonchev–Trinajstić information content (AvgIpc) is 2.90. The van der Waals surface area contributed by atoms with Crippen molar-refractivity contribution in [3.63, 3.8) is 0 Å². The van der Waals surface area contributed by atoms with Crippen LogP contribution < -0.4 is 5.32 Å². The predicted molar refractivity (Wildman–Crippen MR) is 86.2 cm³/mol. The average molecular weight is 300 g/mol. The fourth-order valence-electron chi connectivity index (χ4n) is 2.27. The second kappa shape index (κ2) is 6.33. The predicted octanol–water partition coefficient (Wildman–Crippen LogP) is 4.14. The summed E-state index contributed by atoms with van der Waals surface area (Å²) in [5.74, 6) is -0.148. The Balaban J connectivity index is 1.80. The van der Waals surface area contributed by atoms with Crippen molar-refractivity contribution in [1.82, 2.24) is 10.3 Å². The highest BCUT2D eigenvalue weighted by Crippen LogP contribution is 2.24. The molecule has 0 saturated heterocycles. The molecule has 4 heteroatoms. The fraction of sp³-hybridized carbons (Fsp3) is 0.235. The molecule has 3 aromatic rings. The van der Waals surface area contributed by atoms with Gasteiger partial charge in [0.05, 0.1) is 15.2 Å². The minimum atomic E-state index is -0.148. The summed E-state index contributed by atoms with van der Waals surface area (Å²) in [5, 5.41) is 4.15. The molecule has 1 N–H and O–H groups in total. The Bertz CT molecular complexity index is 718. The lowest BCUT2D eigenvalue weighted by Gasteiger charge is -2.05. The zero-order valence-corrected chi connectivity index (χ0v) is 12.7. The quantitative estimate of drug-likeness (QED) is 0.766. The van der Waals surface area contributed by atoms with Gasteiger partial charge in [0.15, 0.2) is 0 Å². The van der Waals surface area contributed by atoms with Crippen LogP contribution in [0.2, 0.25) is 0 Å². The van der Waals surface area contributed by atoms with Gasteiger partial charge in [-0.15, -0.1) is 11.3 Å². The summed E-state index contributed by atoms with van der Waals surface area (Å²) in [6.07, 6.45) is 0.548. The molecule has 3 rings (SSSR count). The van der Waals surface area contributed by atoms with Gasteiger partial charge >= 0.3 is 0 Å². The Morgan fingerprint density at radius 1 is 1.19 bits per heavy atom. The highest BCUT2D eigenvalue weighted by atomic mass is 32.1. The van der Waals surface area contributed by atoms with E-state index in [1.165, 1.54) is 0 Å². The van der Waals surface area contributed by atoms with Crippen LogP contribution in [0.25, 0.3) is 10.2 Å². The molecule has 0 atom stereocenters. The summed E-state index contributed by atoms with van der Waals surface area (Å²) in [7, 11) is 0. The Hall–Kier alpha value is -1.78. The van der Waals surface area contributed by atoms with Crippen LogP contribution in [0.4, 0.5) is 4.39 Å². The van der Waals surface area contributed by atoms with Crippen LogP contribution in [0, 0.1) is 5.82 Å². The monoisotopic (exact) mass is 300 g/mol. The van der Waals surface area contributed by atoms with Gasteiger partial charge in [-0.1, -0.05) is 31.2 Å². The summed E-state index contributed by atoms with van der Waals surface area (Å²) < 4.78 is 15.3. The smallest absolute Gasteiger partial charge is 0.127 e. The maximum Gasteiger partial charge on any atom is 0.127 e. The van der Waals surface area contributed by atoms with Gasteiger partial charge in [-0.25, -0.2) is 9.37 Å². The van der Waals surface area contributed by atoms with Crippen molar-refractivity contribution in [3.8, 4) is 0 Å². The minimum Gasteiger partial charge on any atom is -0.313 e. The van der Waals surface area contributed by atoms with E-state index in [0.29, 0.717) is 18.5 Å². The second-order valence-electron chi connectivity index (χ2n) is 4.96. The first-order valence-electron chi connectivity index (χ1n) is 7.08. The van der Waals surface area contributed by atoms with E-state index in [1.807, 2.05) is 43.3 Å². The topological polar surface area (TPSA) is 24.9 Å².